The fourth-order valence-corrected chi connectivity index (χ4v) is 2.49. The predicted octanol–water partition coefficient (Wildman–Crippen LogP) is 3.34. The lowest BCUT2D eigenvalue weighted by Gasteiger charge is -2.11. The summed E-state index contributed by atoms with van der Waals surface area (Å²) in [5.74, 6) is -2.24. The molecule has 1 heterocycles. The molecule has 0 atom stereocenters. The monoisotopic (exact) mass is 376 g/mol. The number of nitrogens with zero attached hydrogens (tertiary/aromatic N) is 2. The molecule has 0 saturated heterocycles. The number of halogens is 3. The number of hydrogen-bond acceptors (Lipinski definition) is 4. The molecule has 27 heavy (non-hydrogen) atoms. The highest BCUT2D eigenvalue weighted by Crippen LogP contribution is 2.25. The van der Waals surface area contributed by atoms with Gasteiger partial charge in [-0.25, -0.2) is 9.18 Å². The first-order valence-electron chi connectivity index (χ1n) is 7.53. The van der Waals surface area contributed by atoms with Gasteiger partial charge in [0.05, 0.1) is 11.9 Å². The summed E-state index contributed by atoms with van der Waals surface area (Å²) >= 11 is 0. The van der Waals surface area contributed by atoms with Crippen LogP contribution >= 0.6 is 0 Å². The van der Waals surface area contributed by atoms with Gasteiger partial charge in [-0.1, -0.05) is 18.2 Å². The van der Waals surface area contributed by atoms with E-state index in [2.05, 4.69) is 9.84 Å². The number of carbonyl (C=O) groups is 1. The van der Waals surface area contributed by atoms with E-state index in [9.17, 15) is 27.9 Å². The van der Waals surface area contributed by atoms with Crippen LogP contribution in [-0.4, -0.2) is 27.5 Å². The Labute approximate surface area is 150 Å². The molecule has 0 spiro atoms. The van der Waals surface area contributed by atoms with E-state index in [1.807, 2.05) is 0 Å². The summed E-state index contributed by atoms with van der Waals surface area (Å²) in [6.07, 6.45) is 1.14. The maximum Gasteiger partial charge on any atom is 0.387 e. The number of hydrogen-bond donors (Lipinski definition) is 1. The first-order chi connectivity index (χ1) is 12.9. The molecule has 0 aliphatic rings. The van der Waals surface area contributed by atoms with Crippen molar-refractivity contribution in [2.24, 2.45) is 0 Å². The lowest BCUT2D eigenvalue weighted by atomic mass is 10.0. The van der Waals surface area contributed by atoms with E-state index in [0.29, 0.717) is 0 Å². The molecule has 6 nitrogen and oxygen atoms in total. The Kier molecular flexibility index (Phi) is 4.93. The highest BCUT2D eigenvalue weighted by Gasteiger charge is 2.20. The van der Waals surface area contributed by atoms with Crippen molar-refractivity contribution in [2.45, 2.75) is 6.61 Å². The Morgan fingerprint density at radius 3 is 2.44 bits per heavy atom. The zero-order valence-corrected chi connectivity index (χ0v) is 13.5. The lowest BCUT2D eigenvalue weighted by Crippen LogP contribution is -2.28. The fourth-order valence-electron chi connectivity index (χ4n) is 2.49. The van der Waals surface area contributed by atoms with Crippen molar-refractivity contribution in [1.82, 2.24) is 9.78 Å². The predicted molar refractivity (Wildman–Crippen MR) is 88.8 cm³/mol. The second-order valence-electron chi connectivity index (χ2n) is 5.34. The van der Waals surface area contributed by atoms with E-state index in [1.54, 1.807) is 0 Å². The number of aromatic nitrogens is 2. The van der Waals surface area contributed by atoms with Gasteiger partial charge in [0.15, 0.2) is 0 Å². The van der Waals surface area contributed by atoms with E-state index in [4.69, 9.17) is 0 Å². The molecular formula is C18H11F3N2O4. The van der Waals surface area contributed by atoms with E-state index in [0.717, 1.165) is 16.9 Å². The van der Waals surface area contributed by atoms with Crippen LogP contribution in [0, 0.1) is 5.82 Å². The summed E-state index contributed by atoms with van der Waals surface area (Å²) in [6.45, 7) is -3.00. The standard InChI is InChI=1S/C18H11F3N2O4/c19-11-2-1-3-12(8-11)23-16(24)15(17(25)26)14(9-22-23)10-4-6-13(7-5-10)27-18(20)21/h1-9,18H,(H,25,26). The zero-order chi connectivity index (χ0) is 19.6. The summed E-state index contributed by atoms with van der Waals surface area (Å²) in [5, 5.41) is 13.4. The minimum Gasteiger partial charge on any atom is -0.477 e. The average Bonchev–Trinajstić information content (AvgIpc) is 2.61. The fraction of sp³-hybridized carbons (Fsp3) is 0.0556. The van der Waals surface area contributed by atoms with Crippen molar-refractivity contribution in [3.05, 3.63) is 76.5 Å². The minimum atomic E-state index is -3.00. The molecule has 1 aromatic heterocycles. The molecule has 1 N–H and O–H groups in total. The topological polar surface area (TPSA) is 81.4 Å². The highest BCUT2D eigenvalue weighted by molar-refractivity contribution is 5.95. The zero-order valence-electron chi connectivity index (χ0n) is 13.5. The van der Waals surface area contributed by atoms with Crippen molar-refractivity contribution in [3.8, 4) is 22.6 Å². The van der Waals surface area contributed by atoms with Crippen LogP contribution in [0.5, 0.6) is 5.75 Å². The maximum atomic E-state index is 13.4. The maximum absolute atomic E-state index is 13.4. The summed E-state index contributed by atoms with van der Waals surface area (Å²) < 4.78 is 42.8. The molecule has 0 fully saturated rings. The Morgan fingerprint density at radius 1 is 1.15 bits per heavy atom. The van der Waals surface area contributed by atoms with Crippen LogP contribution in [0.25, 0.3) is 16.8 Å². The number of ether oxygens (including phenoxy) is 1. The third kappa shape index (κ3) is 3.81. The average molecular weight is 376 g/mol. The molecule has 0 saturated carbocycles. The molecule has 0 unspecified atom stereocenters. The third-order valence-electron chi connectivity index (χ3n) is 3.64. The van der Waals surface area contributed by atoms with Gasteiger partial charge in [0.1, 0.15) is 17.1 Å². The molecule has 9 heteroatoms. The summed E-state index contributed by atoms with van der Waals surface area (Å²) in [5.41, 5.74) is -1.22. The Hall–Kier alpha value is -3.62. The highest BCUT2D eigenvalue weighted by atomic mass is 19.3. The molecule has 3 aromatic rings. The van der Waals surface area contributed by atoms with E-state index >= 15 is 0 Å². The smallest absolute Gasteiger partial charge is 0.387 e. The van der Waals surface area contributed by atoms with E-state index in [1.165, 1.54) is 42.5 Å². The normalized spacial score (nSPS) is 10.8. The van der Waals surface area contributed by atoms with Crippen LogP contribution in [0.1, 0.15) is 10.4 Å². The Morgan fingerprint density at radius 2 is 1.85 bits per heavy atom. The van der Waals surface area contributed by atoms with Gasteiger partial charge in [-0.05, 0) is 35.9 Å². The molecule has 0 radical (unpaired) electrons. The van der Waals surface area contributed by atoms with Crippen LogP contribution in [0.15, 0.2) is 59.5 Å². The van der Waals surface area contributed by atoms with Gasteiger partial charge in [-0.15, -0.1) is 0 Å². The van der Waals surface area contributed by atoms with E-state index in [-0.39, 0.29) is 22.6 Å². The van der Waals surface area contributed by atoms with Crippen molar-refractivity contribution in [2.75, 3.05) is 0 Å². The van der Waals surface area contributed by atoms with Crippen LogP contribution in [-0.2, 0) is 0 Å². The van der Waals surface area contributed by atoms with Gasteiger partial charge in [-0.2, -0.15) is 18.6 Å². The van der Waals surface area contributed by atoms with Crippen LogP contribution in [0.2, 0.25) is 0 Å². The SMILES string of the molecule is O=C(O)c1c(-c2ccc(OC(F)F)cc2)cnn(-c2cccc(F)c2)c1=O. The Balaban J connectivity index is 2.11. The van der Waals surface area contributed by atoms with Crippen molar-refractivity contribution >= 4 is 5.97 Å². The molecule has 3 rings (SSSR count). The van der Waals surface area contributed by atoms with Gasteiger partial charge in [0.2, 0.25) is 0 Å². The van der Waals surface area contributed by atoms with Crippen LogP contribution < -0.4 is 10.3 Å². The van der Waals surface area contributed by atoms with Gasteiger partial charge in [-0.3, -0.25) is 4.79 Å². The molecule has 138 valence electrons. The van der Waals surface area contributed by atoms with Gasteiger partial charge >= 0.3 is 12.6 Å². The summed E-state index contributed by atoms with van der Waals surface area (Å²) in [4.78, 5) is 24.2. The first-order valence-corrected chi connectivity index (χ1v) is 7.53. The van der Waals surface area contributed by atoms with Gasteiger partial charge in [0.25, 0.3) is 5.56 Å². The largest absolute Gasteiger partial charge is 0.477 e. The summed E-state index contributed by atoms with van der Waals surface area (Å²) in [7, 11) is 0. The number of carboxylic acids is 1. The third-order valence-corrected chi connectivity index (χ3v) is 3.64. The molecule has 0 bridgehead atoms. The quantitative estimate of drug-likeness (QED) is 0.739. The van der Waals surface area contributed by atoms with Crippen LogP contribution in [0.4, 0.5) is 13.2 Å². The molecular weight excluding hydrogens is 365 g/mol. The van der Waals surface area contributed by atoms with Crippen molar-refractivity contribution < 1.29 is 27.8 Å². The van der Waals surface area contributed by atoms with Crippen LogP contribution in [0.3, 0.4) is 0 Å². The number of aromatic carboxylic acids is 1. The Bertz CT molecular complexity index is 1050. The number of rotatable bonds is 5. The number of benzene rings is 2. The first kappa shape index (κ1) is 18.2. The molecule has 0 amide bonds. The molecule has 2 aromatic carbocycles. The second-order valence-corrected chi connectivity index (χ2v) is 5.34. The second kappa shape index (κ2) is 7.32. The summed E-state index contributed by atoms with van der Waals surface area (Å²) in [6, 6.07) is 10.0. The van der Waals surface area contributed by atoms with E-state index < -0.39 is 29.5 Å². The lowest BCUT2D eigenvalue weighted by molar-refractivity contribution is -0.0498. The van der Waals surface area contributed by atoms with Crippen molar-refractivity contribution in [3.63, 3.8) is 0 Å². The van der Waals surface area contributed by atoms with Crippen molar-refractivity contribution in [1.29, 1.82) is 0 Å². The number of alkyl halides is 2. The molecule has 0 aliphatic carbocycles. The molecule has 0 aliphatic heterocycles. The van der Waals surface area contributed by atoms with Gasteiger partial charge < -0.3 is 9.84 Å². The number of carboxylic acid groups (broad SMARTS) is 1. The van der Waals surface area contributed by atoms with Gasteiger partial charge in [0, 0.05) is 5.56 Å². The minimum absolute atomic E-state index is 0.0104.